The molecule has 3 heteroatoms. The third kappa shape index (κ3) is 0.778. The first-order valence-electron chi connectivity index (χ1n) is 3.67. The maximum atomic E-state index is 8.73. The predicted molar refractivity (Wildman–Crippen MR) is 24.5 cm³/mol. The molecule has 1 heterocycles. The molecule has 0 saturated heterocycles. The minimum absolute atomic E-state index is 0.307. The maximum Gasteiger partial charge on any atom is 0.0876 e. The first-order valence-corrected chi connectivity index (χ1v) is 1.67. The number of aromatic amines is 1. The molecule has 0 aliphatic rings. The molecule has 3 nitrogen and oxygen atoms in total. The Balaban J connectivity index is 3.15. The summed E-state index contributed by atoms with van der Waals surface area (Å²) in [5, 5.41) is 14.1. The van der Waals surface area contributed by atoms with Crippen molar-refractivity contribution in [3.05, 3.63) is 17.9 Å². The van der Waals surface area contributed by atoms with Crippen LogP contribution >= 0.6 is 0 Å². The van der Waals surface area contributed by atoms with Crippen LogP contribution in [0.25, 0.3) is 0 Å². The quantitative estimate of drug-likeness (QED) is 0.520. The van der Waals surface area contributed by atoms with Crippen molar-refractivity contribution >= 4 is 0 Å². The molecule has 38 valence electrons. The number of hydrogen-bond donors (Lipinski definition) is 2. The molecule has 0 atom stereocenters. The first-order chi connectivity index (χ1) is 4.93. The molecule has 7 heavy (non-hydrogen) atoms. The lowest BCUT2D eigenvalue weighted by molar-refractivity contribution is 0.276. The Morgan fingerprint density at radius 3 is 3.43 bits per heavy atom. The van der Waals surface area contributed by atoms with Crippen molar-refractivity contribution < 1.29 is 10.6 Å². The fourth-order valence-electron chi connectivity index (χ4n) is 0.252. The summed E-state index contributed by atoms with van der Waals surface area (Å²) in [6, 6.07) is -0.419. The number of nitrogens with one attached hydrogen (secondary N) is 1. The van der Waals surface area contributed by atoms with E-state index < -0.39 is 18.3 Å². The average Bonchev–Trinajstić information content (AvgIpc) is 2.11. The van der Waals surface area contributed by atoms with Crippen LogP contribution in [0.1, 0.15) is 11.2 Å². The molecule has 0 saturated carbocycles. The molecule has 2 N–H and O–H groups in total. The summed E-state index contributed by atoms with van der Waals surface area (Å²) in [6.07, 6.45) is -0.307. The minimum Gasteiger partial charge on any atom is -0.390 e. The highest BCUT2D eigenvalue weighted by atomic mass is 16.3. The van der Waals surface area contributed by atoms with Gasteiger partial charge < -0.3 is 5.11 Å². The van der Waals surface area contributed by atoms with E-state index in [0.29, 0.717) is 0 Å². The van der Waals surface area contributed by atoms with Gasteiger partial charge in [-0.1, -0.05) is 0 Å². The summed E-state index contributed by atoms with van der Waals surface area (Å²) in [6.45, 7) is -2.65. The predicted octanol–water partition coefficient (Wildman–Crippen LogP) is -0.0980. The van der Waals surface area contributed by atoms with Crippen LogP contribution in [0.2, 0.25) is 0 Å². The van der Waals surface area contributed by atoms with E-state index in [-0.39, 0.29) is 6.17 Å². The molecule has 0 spiro atoms. The van der Waals surface area contributed by atoms with E-state index in [4.69, 9.17) is 10.6 Å². The van der Waals surface area contributed by atoms with Crippen LogP contribution in [0.4, 0.5) is 0 Å². The van der Waals surface area contributed by atoms with Gasteiger partial charge in [0, 0.05) is 6.17 Å². The Hall–Kier alpha value is -0.830. The molecule has 0 aliphatic carbocycles. The number of nitrogens with zero attached hydrogens (tertiary/aromatic N) is 1. The molecule has 0 aromatic carbocycles. The van der Waals surface area contributed by atoms with E-state index in [2.05, 4.69) is 10.2 Å². The van der Waals surface area contributed by atoms with Crippen LogP contribution in [0.15, 0.2) is 12.2 Å². The van der Waals surface area contributed by atoms with Gasteiger partial charge in [0.1, 0.15) is 0 Å². The fraction of sp³-hybridized carbons (Fsp3) is 0.250. The highest BCUT2D eigenvalue weighted by molar-refractivity contribution is 4.94. The van der Waals surface area contributed by atoms with Gasteiger partial charge in [0.15, 0.2) is 0 Å². The van der Waals surface area contributed by atoms with E-state index >= 15 is 0 Å². The third-order valence-corrected chi connectivity index (χ3v) is 0.510. The van der Waals surface area contributed by atoms with Crippen molar-refractivity contribution in [1.29, 1.82) is 0 Å². The number of aliphatic hydroxyl groups is 1. The Morgan fingerprint density at radius 1 is 2.29 bits per heavy atom. The normalized spacial score (nSPS) is 19.6. The smallest absolute Gasteiger partial charge is 0.0876 e. The van der Waals surface area contributed by atoms with Gasteiger partial charge in [0.2, 0.25) is 0 Å². The van der Waals surface area contributed by atoms with Gasteiger partial charge in [-0.25, -0.2) is 0 Å². The molecule has 1 rings (SSSR count). The maximum absolute atomic E-state index is 8.73. The van der Waals surface area contributed by atoms with E-state index in [0.717, 1.165) is 0 Å². The zero-order chi connectivity index (χ0) is 8.65. The second-order valence-electron chi connectivity index (χ2n) is 0.934. The summed E-state index contributed by atoms with van der Waals surface area (Å²) in [5.74, 6) is 0. The molecule has 0 unspecified atom stereocenters. The lowest BCUT2D eigenvalue weighted by Gasteiger charge is -1.77. The van der Waals surface area contributed by atoms with Gasteiger partial charge in [-0.3, -0.25) is 5.10 Å². The van der Waals surface area contributed by atoms with E-state index in [9.17, 15) is 0 Å². The lowest BCUT2D eigenvalue weighted by Crippen LogP contribution is -1.79. The van der Waals surface area contributed by atoms with Gasteiger partial charge >= 0.3 is 0 Å². The van der Waals surface area contributed by atoms with Crippen molar-refractivity contribution in [2.24, 2.45) is 0 Å². The van der Waals surface area contributed by atoms with Gasteiger partial charge in [0.25, 0.3) is 0 Å². The second kappa shape index (κ2) is 1.75. The minimum atomic E-state index is -2.65. The van der Waals surface area contributed by atoms with Gasteiger partial charge in [-0.15, -0.1) is 0 Å². The topological polar surface area (TPSA) is 48.9 Å². The summed E-state index contributed by atoms with van der Waals surface area (Å²) in [5.41, 5.74) is -0.456. The molecule has 0 aliphatic heterocycles. The highest BCUT2D eigenvalue weighted by Gasteiger charge is 1.84. The largest absolute Gasteiger partial charge is 0.390 e. The number of aromatic nitrogens is 2. The first kappa shape index (κ1) is 1.59. The Labute approximate surface area is 46.6 Å². The van der Waals surface area contributed by atoms with E-state index in [1.165, 1.54) is 0 Å². The van der Waals surface area contributed by atoms with Crippen LogP contribution in [0, 0.1) is 0 Å². The Bertz CT molecular complexity index is 266. The molecule has 0 radical (unpaired) electrons. The van der Waals surface area contributed by atoms with Gasteiger partial charge in [-0.2, -0.15) is 5.10 Å². The Kier molecular flexibility index (Phi) is 0.398. The zero-order valence-corrected chi connectivity index (χ0v) is 3.39. The van der Waals surface area contributed by atoms with Crippen molar-refractivity contribution in [1.82, 2.24) is 10.2 Å². The molecular formula is C4H6N2O. The van der Waals surface area contributed by atoms with Crippen LogP contribution in [0.5, 0.6) is 0 Å². The van der Waals surface area contributed by atoms with E-state index in [1.54, 1.807) is 0 Å². The van der Waals surface area contributed by atoms with Crippen molar-refractivity contribution in [3.63, 3.8) is 0 Å². The number of hydrogen-bond acceptors (Lipinski definition) is 2. The molecular weight excluding hydrogens is 92.1 g/mol. The third-order valence-electron chi connectivity index (χ3n) is 0.510. The monoisotopic (exact) mass is 102 g/mol. The number of rotatable bonds is 1. The highest BCUT2D eigenvalue weighted by Crippen LogP contribution is 1.86. The molecule has 1 aromatic heterocycles. The zero-order valence-electron chi connectivity index (χ0n) is 7.39. The average molecular weight is 102 g/mol. The van der Waals surface area contributed by atoms with Crippen molar-refractivity contribution in [3.8, 4) is 0 Å². The lowest BCUT2D eigenvalue weighted by atomic mass is 10.5. The summed E-state index contributed by atoms with van der Waals surface area (Å²) in [7, 11) is 0. The van der Waals surface area contributed by atoms with Crippen LogP contribution in [-0.4, -0.2) is 15.3 Å². The summed E-state index contributed by atoms with van der Waals surface area (Å²) < 4.78 is 27.5. The summed E-state index contributed by atoms with van der Waals surface area (Å²) >= 11 is 0. The molecule has 0 fully saturated rings. The van der Waals surface area contributed by atoms with Gasteiger partial charge in [-0.05, 0) is 6.04 Å². The van der Waals surface area contributed by atoms with Crippen LogP contribution in [-0.2, 0) is 6.56 Å². The number of H-pyrrole nitrogens is 1. The van der Waals surface area contributed by atoms with Crippen LogP contribution < -0.4 is 0 Å². The van der Waals surface area contributed by atoms with E-state index in [1.807, 2.05) is 0 Å². The molecule has 1 aromatic rings. The SMILES string of the molecule is [2H]c1[nH]nc(C([2H])([2H])O)c1[2H]. The molecule has 0 bridgehead atoms. The molecule has 0 amide bonds. The van der Waals surface area contributed by atoms with Crippen LogP contribution in [0.3, 0.4) is 0 Å². The second-order valence-corrected chi connectivity index (χ2v) is 0.934. The fourth-order valence-corrected chi connectivity index (χ4v) is 0.252. The van der Waals surface area contributed by atoms with Crippen molar-refractivity contribution in [2.45, 2.75) is 6.56 Å². The summed E-state index contributed by atoms with van der Waals surface area (Å²) in [4.78, 5) is 0. The Morgan fingerprint density at radius 2 is 3.14 bits per heavy atom. The van der Waals surface area contributed by atoms with Crippen molar-refractivity contribution in [2.75, 3.05) is 0 Å². The standard InChI is InChI=1S/C4H6N2O/c7-3-4-1-2-5-6-4/h1-2,7H,3H2,(H,5,6)/i1D,2D,3D2. The van der Waals surface area contributed by atoms with Gasteiger partial charge in [0.05, 0.1) is 17.7 Å².